The summed E-state index contributed by atoms with van der Waals surface area (Å²) in [6.07, 6.45) is 3.24. The van der Waals surface area contributed by atoms with E-state index >= 15 is 0 Å². The van der Waals surface area contributed by atoms with Crippen LogP contribution < -0.4 is 15.4 Å². The van der Waals surface area contributed by atoms with Crippen LogP contribution in [-0.2, 0) is 16.1 Å². The van der Waals surface area contributed by atoms with Crippen LogP contribution in [0.4, 0.5) is 5.69 Å². The van der Waals surface area contributed by atoms with Gasteiger partial charge in [0.05, 0.1) is 6.61 Å². The average Bonchev–Trinajstić information content (AvgIpc) is 2.67. The van der Waals surface area contributed by atoms with E-state index in [1.807, 2.05) is 69.3 Å². The maximum Gasteiger partial charge on any atom is 0.244 e. The van der Waals surface area contributed by atoms with Gasteiger partial charge < -0.3 is 15.4 Å². The number of carbonyl (C=O) groups is 2. The molecule has 142 valence electrons. The highest BCUT2D eigenvalue weighted by molar-refractivity contribution is 5.92. The standard InChI is InChI=1S/C22H26N2O3/c1-4-27-20-8-6-5-7-18(20)11-14-21(25)23-15-17-9-12-19(13-10-17)24-22(26)16(2)3/h5-14,16H,4,15H2,1-3H3,(H,23,25)(H,24,26)/b14-11+. The third kappa shape index (κ3) is 6.62. The lowest BCUT2D eigenvalue weighted by Crippen LogP contribution is -2.20. The lowest BCUT2D eigenvalue weighted by molar-refractivity contribution is -0.119. The van der Waals surface area contributed by atoms with E-state index in [9.17, 15) is 9.59 Å². The number of benzene rings is 2. The Hall–Kier alpha value is -3.08. The number of amides is 2. The number of carbonyl (C=O) groups excluding carboxylic acids is 2. The molecule has 0 unspecified atom stereocenters. The fourth-order valence-electron chi connectivity index (χ4n) is 2.31. The van der Waals surface area contributed by atoms with Gasteiger partial charge in [-0.25, -0.2) is 0 Å². The summed E-state index contributed by atoms with van der Waals surface area (Å²) in [7, 11) is 0. The van der Waals surface area contributed by atoms with Crippen molar-refractivity contribution in [1.82, 2.24) is 5.32 Å². The summed E-state index contributed by atoms with van der Waals surface area (Å²) in [5.74, 6) is 0.485. The lowest BCUT2D eigenvalue weighted by atomic mass is 10.1. The first-order valence-electron chi connectivity index (χ1n) is 9.07. The molecule has 0 bridgehead atoms. The van der Waals surface area contributed by atoms with Gasteiger partial charge in [-0.1, -0.05) is 44.2 Å². The molecule has 0 aliphatic rings. The Bertz CT molecular complexity index is 795. The van der Waals surface area contributed by atoms with Crippen molar-refractivity contribution in [2.24, 2.45) is 5.92 Å². The van der Waals surface area contributed by atoms with E-state index in [2.05, 4.69) is 10.6 Å². The van der Waals surface area contributed by atoms with Crippen LogP contribution in [0.15, 0.2) is 54.6 Å². The van der Waals surface area contributed by atoms with E-state index < -0.39 is 0 Å². The van der Waals surface area contributed by atoms with Gasteiger partial charge in [-0.2, -0.15) is 0 Å². The molecule has 0 aliphatic carbocycles. The van der Waals surface area contributed by atoms with Gasteiger partial charge in [0.25, 0.3) is 0 Å². The second kappa shape index (κ2) is 10.2. The van der Waals surface area contributed by atoms with E-state index in [-0.39, 0.29) is 17.7 Å². The number of hydrogen-bond acceptors (Lipinski definition) is 3. The van der Waals surface area contributed by atoms with Crippen LogP contribution in [-0.4, -0.2) is 18.4 Å². The Kier molecular flexibility index (Phi) is 7.62. The van der Waals surface area contributed by atoms with Crippen molar-refractivity contribution in [2.75, 3.05) is 11.9 Å². The van der Waals surface area contributed by atoms with Crippen molar-refractivity contribution < 1.29 is 14.3 Å². The predicted octanol–water partition coefficient (Wildman–Crippen LogP) is 4.01. The van der Waals surface area contributed by atoms with Crippen LogP contribution in [0.5, 0.6) is 5.75 Å². The maximum absolute atomic E-state index is 12.1. The molecule has 2 N–H and O–H groups in total. The highest BCUT2D eigenvalue weighted by Gasteiger charge is 2.07. The molecule has 27 heavy (non-hydrogen) atoms. The van der Waals surface area contributed by atoms with Crippen molar-refractivity contribution in [3.8, 4) is 5.75 Å². The first kappa shape index (κ1) is 20.2. The molecule has 2 amide bonds. The molecule has 5 heteroatoms. The zero-order chi connectivity index (χ0) is 19.6. The number of rotatable bonds is 8. The molecule has 0 spiro atoms. The normalized spacial score (nSPS) is 10.8. The molecule has 0 heterocycles. The second-order valence-electron chi connectivity index (χ2n) is 6.36. The zero-order valence-electron chi connectivity index (χ0n) is 16.0. The lowest BCUT2D eigenvalue weighted by Gasteiger charge is -2.09. The van der Waals surface area contributed by atoms with Crippen LogP contribution in [0, 0.1) is 5.92 Å². The van der Waals surface area contributed by atoms with Crippen molar-refractivity contribution in [1.29, 1.82) is 0 Å². The summed E-state index contributed by atoms with van der Waals surface area (Å²) >= 11 is 0. The predicted molar refractivity (Wildman–Crippen MR) is 108 cm³/mol. The van der Waals surface area contributed by atoms with E-state index in [0.29, 0.717) is 13.2 Å². The Morgan fingerprint density at radius 2 is 1.78 bits per heavy atom. The SMILES string of the molecule is CCOc1ccccc1/C=C/C(=O)NCc1ccc(NC(=O)C(C)C)cc1. The molecule has 0 aromatic heterocycles. The Labute approximate surface area is 160 Å². The molecule has 2 rings (SSSR count). The minimum absolute atomic E-state index is 0.0199. The topological polar surface area (TPSA) is 67.4 Å². The Morgan fingerprint density at radius 3 is 2.44 bits per heavy atom. The van der Waals surface area contributed by atoms with Gasteiger partial charge in [-0.15, -0.1) is 0 Å². The van der Waals surface area contributed by atoms with Gasteiger partial charge in [-0.3, -0.25) is 9.59 Å². The molecule has 0 radical (unpaired) electrons. The van der Waals surface area contributed by atoms with Crippen molar-refractivity contribution in [2.45, 2.75) is 27.3 Å². The summed E-state index contributed by atoms with van der Waals surface area (Å²) in [6.45, 7) is 6.60. The fourth-order valence-corrected chi connectivity index (χ4v) is 2.31. The van der Waals surface area contributed by atoms with E-state index in [0.717, 1.165) is 22.6 Å². The highest BCUT2D eigenvalue weighted by Crippen LogP contribution is 2.19. The highest BCUT2D eigenvalue weighted by atomic mass is 16.5. The Balaban J connectivity index is 1.87. The third-order valence-electron chi connectivity index (χ3n) is 3.85. The van der Waals surface area contributed by atoms with Gasteiger partial charge in [0.1, 0.15) is 5.75 Å². The van der Waals surface area contributed by atoms with Crippen LogP contribution in [0.2, 0.25) is 0 Å². The smallest absolute Gasteiger partial charge is 0.244 e. The molecule has 0 aliphatic heterocycles. The maximum atomic E-state index is 12.1. The zero-order valence-corrected chi connectivity index (χ0v) is 16.0. The molecule has 0 saturated carbocycles. The van der Waals surface area contributed by atoms with E-state index in [1.54, 1.807) is 6.08 Å². The van der Waals surface area contributed by atoms with Gasteiger partial charge in [0, 0.05) is 29.8 Å². The van der Waals surface area contributed by atoms with Crippen LogP contribution in [0.3, 0.4) is 0 Å². The first-order chi connectivity index (χ1) is 13.0. The van der Waals surface area contributed by atoms with Crippen molar-refractivity contribution in [3.05, 3.63) is 65.7 Å². The van der Waals surface area contributed by atoms with Crippen molar-refractivity contribution in [3.63, 3.8) is 0 Å². The fraction of sp³-hybridized carbons (Fsp3) is 0.273. The van der Waals surface area contributed by atoms with Crippen molar-refractivity contribution >= 4 is 23.6 Å². The molecule has 5 nitrogen and oxygen atoms in total. The summed E-state index contributed by atoms with van der Waals surface area (Å²) in [6, 6.07) is 15.0. The number of nitrogens with one attached hydrogen (secondary N) is 2. The first-order valence-corrected chi connectivity index (χ1v) is 9.07. The number of ether oxygens (including phenoxy) is 1. The molecular weight excluding hydrogens is 340 g/mol. The minimum Gasteiger partial charge on any atom is -0.493 e. The molecular formula is C22H26N2O3. The largest absolute Gasteiger partial charge is 0.493 e. The van der Waals surface area contributed by atoms with E-state index in [4.69, 9.17) is 4.74 Å². The summed E-state index contributed by atoms with van der Waals surface area (Å²) in [5.41, 5.74) is 2.56. The van der Waals surface area contributed by atoms with Crippen LogP contribution in [0.25, 0.3) is 6.08 Å². The summed E-state index contributed by atoms with van der Waals surface area (Å²) < 4.78 is 5.54. The molecule has 0 saturated heterocycles. The molecule has 2 aromatic carbocycles. The average molecular weight is 366 g/mol. The minimum atomic E-state index is -0.182. The molecule has 0 atom stereocenters. The quantitative estimate of drug-likeness (QED) is 0.694. The van der Waals surface area contributed by atoms with Crippen LogP contribution >= 0.6 is 0 Å². The summed E-state index contributed by atoms with van der Waals surface area (Å²) in [4.78, 5) is 23.7. The number of hydrogen-bond donors (Lipinski definition) is 2. The number of para-hydroxylation sites is 1. The second-order valence-corrected chi connectivity index (χ2v) is 6.36. The van der Waals surface area contributed by atoms with Gasteiger partial charge in [-0.05, 0) is 36.8 Å². The monoisotopic (exact) mass is 366 g/mol. The van der Waals surface area contributed by atoms with Gasteiger partial charge in [0.15, 0.2) is 0 Å². The third-order valence-corrected chi connectivity index (χ3v) is 3.85. The van der Waals surface area contributed by atoms with E-state index in [1.165, 1.54) is 6.08 Å². The van der Waals surface area contributed by atoms with Gasteiger partial charge in [0.2, 0.25) is 11.8 Å². The van der Waals surface area contributed by atoms with Gasteiger partial charge >= 0.3 is 0 Å². The molecule has 0 fully saturated rings. The number of anilines is 1. The Morgan fingerprint density at radius 1 is 1.07 bits per heavy atom. The van der Waals surface area contributed by atoms with Crippen LogP contribution in [0.1, 0.15) is 31.9 Å². The summed E-state index contributed by atoms with van der Waals surface area (Å²) in [5, 5.41) is 5.68. The molecule has 2 aromatic rings.